The second-order valence-corrected chi connectivity index (χ2v) is 10.2. The largest absolute Gasteiger partial charge is 0.497 e. The van der Waals surface area contributed by atoms with Gasteiger partial charge in [-0.15, -0.1) is 11.3 Å². The van der Waals surface area contributed by atoms with Crippen LogP contribution < -0.4 is 10.1 Å². The van der Waals surface area contributed by atoms with Crippen LogP contribution in [-0.2, 0) is 24.2 Å². The van der Waals surface area contributed by atoms with Gasteiger partial charge in [-0.2, -0.15) is 0 Å². The fourth-order valence-electron chi connectivity index (χ4n) is 5.10. The minimum absolute atomic E-state index is 0.0456. The number of amides is 2. The first-order valence-corrected chi connectivity index (χ1v) is 13.2. The van der Waals surface area contributed by atoms with E-state index in [2.05, 4.69) is 52.3 Å². The average Bonchev–Trinajstić information content (AvgIpc) is 3.45. The molecule has 0 fully saturated rings. The standard InChI is InChI=1S/C27H34N4O3S/c1-4-34-16-6-13-28-27(32)31-17-22-21-12-15-29(2)18-24(21)35-26(22)30-14-5-7-23(30)25(31)19-8-10-20(33-3)11-9-19/h5,7-11,14,25H,4,6,12-13,15-18H2,1-3H3,(H,28,32)/t25-/m1/s1. The SMILES string of the molecule is CCOCCCNC(=O)N1Cc2c(sc3c2CCN(C)C3)-n2cccc2[C@H]1c1ccc(OC)cc1. The molecule has 0 spiro atoms. The topological polar surface area (TPSA) is 59.0 Å². The minimum atomic E-state index is -0.204. The first kappa shape index (κ1) is 23.9. The Labute approximate surface area is 211 Å². The van der Waals surface area contributed by atoms with Crippen LogP contribution in [0, 0.1) is 0 Å². The minimum Gasteiger partial charge on any atom is -0.497 e. The van der Waals surface area contributed by atoms with Gasteiger partial charge in [-0.25, -0.2) is 4.79 Å². The highest BCUT2D eigenvalue weighted by Gasteiger charge is 2.36. The van der Waals surface area contributed by atoms with E-state index in [9.17, 15) is 4.79 Å². The lowest BCUT2D eigenvalue weighted by Crippen LogP contribution is -2.42. The number of carbonyl (C=O) groups excluding carboxylic acids is 1. The van der Waals surface area contributed by atoms with E-state index in [1.54, 1.807) is 7.11 Å². The molecule has 0 aliphatic carbocycles. The molecule has 0 unspecified atom stereocenters. The molecule has 35 heavy (non-hydrogen) atoms. The third-order valence-electron chi connectivity index (χ3n) is 6.89. The zero-order chi connectivity index (χ0) is 24.4. The van der Waals surface area contributed by atoms with Gasteiger partial charge in [0.1, 0.15) is 10.8 Å². The van der Waals surface area contributed by atoms with E-state index < -0.39 is 0 Å². The molecule has 0 saturated carbocycles. The van der Waals surface area contributed by atoms with Gasteiger partial charge < -0.3 is 29.2 Å². The predicted molar refractivity (Wildman–Crippen MR) is 139 cm³/mol. The maximum absolute atomic E-state index is 13.7. The van der Waals surface area contributed by atoms with Crippen LogP contribution in [0.25, 0.3) is 5.00 Å². The number of likely N-dealkylation sites (N-methyl/N-ethyl adjacent to an activating group) is 1. The van der Waals surface area contributed by atoms with Crippen LogP contribution in [0.1, 0.15) is 46.6 Å². The summed E-state index contributed by atoms with van der Waals surface area (Å²) in [5, 5.41) is 4.41. The third kappa shape index (κ3) is 4.70. The zero-order valence-electron chi connectivity index (χ0n) is 20.8. The van der Waals surface area contributed by atoms with Crippen molar-refractivity contribution in [1.29, 1.82) is 0 Å². The van der Waals surface area contributed by atoms with Crippen LogP contribution in [-0.4, -0.2) is 60.9 Å². The van der Waals surface area contributed by atoms with E-state index in [4.69, 9.17) is 9.47 Å². The lowest BCUT2D eigenvalue weighted by molar-refractivity contribution is 0.143. The summed E-state index contributed by atoms with van der Waals surface area (Å²) in [6.45, 7) is 6.51. The molecule has 5 rings (SSSR count). The first-order chi connectivity index (χ1) is 17.1. The summed E-state index contributed by atoms with van der Waals surface area (Å²) in [7, 11) is 3.85. The highest BCUT2D eigenvalue weighted by molar-refractivity contribution is 7.15. The summed E-state index contributed by atoms with van der Waals surface area (Å²) >= 11 is 1.87. The second-order valence-electron chi connectivity index (χ2n) is 9.16. The molecule has 1 atom stereocenters. The highest BCUT2D eigenvalue weighted by atomic mass is 32.1. The van der Waals surface area contributed by atoms with Crippen molar-refractivity contribution in [2.24, 2.45) is 0 Å². The fourth-order valence-corrected chi connectivity index (χ4v) is 6.55. The Morgan fingerprint density at radius 3 is 2.77 bits per heavy atom. The van der Waals surface area contributed by atoms with Gasteiger partial charge in [0.25, 0.3) is 0 Å². The van der Waals surface area contributed by atoms with Crippen molar-refractivity contribution in [3.05, 3.63) is 69.9 Å². The Hall–Kier alpha value is -2.81. The van der Waals surface area contributed by atoms with Gasteiger partial charge in [0, 0.05) is 49.5 Å². The number of hydrogen-bond acceptors (Lipinski definition) is 5. The zero-order valence-corrected chi connectivity index (χ0v) is 21.6. The maximum Gasteiger partial charge on any atom is 0.318 e. The lowest BCUT2D eigenvalue weighted by Gasteiger charge is -2.32. The summed E-state index contributed by atoms with van der Waals surface area (Å²) in [6, 6.07) is 12.1. The Bertz CT molecular complexity index is 1170. The second kappa shape index (κ2) is 10.4. The van der Waals surface area contributed by atoms with E-state index in [1.807, 2.05) is 35.3 Å². The maximum atomic E-state index is 13.7. The van der Waals surface area contributed by atoms with Crippen LogP contribution in [0.5, 0.6) is 5.75 Å². The molecule has 8 heteroatoms. The smallest absolute Gasteiger partial charge is 0.318 e. The summed E-state index contributed by atoms with van der Waals surface area (Å²) in [5.41, 5.74) is 4.88. The van der Waals surface area contributed by atoms with Gasteiger partial charge in [0.2, 0.25) is 0 Å². The molecular formula is C27H34N4O3S. The number of aromatic nitrogens is 1. The molecule has 1 N–H and O–H groups in total. The van der Waals surface area contributed by atoms with Gasteiger partial charge >= 0.3 is 6.03 Å². The fraction of sp³-hybridized carbons (Fsp3) is 0.444. The van der Waals surface area contributed by atoms with Crippen LogP contribution in [0.15, 0.2) is 42.6 Å². The Morgan fingerprint density at radius 2 is 2.00 bits per heavy atom. The van der Waals surface area contributed by atoms with Crippen LogP contribution in [0.2, 0.25) is 0 Å². The molecule has 7 nitrogen and oxygen atoms in total. The number of urea groups is 1. The number of benzene rings is 1. The normalized spacial score (nSPS) is 17.3. The molecular weight excluding hydrogens is 460 g/mol. The number of fused-ring (bicyclic) bond motifs is 5. The molecule has 2 aromatic heterocycles. The van der Waals surface area contributed by atoms with Crippen molar-refractivity contribution in [1.82, 2.24) is 19.7 Å². The molecule has 2 aliphatic rings. The monoisotopic (exact) mass is 494 g/mol. The van der Waals surface area contributed by atoms with E-state index in [0.717, 1.165) is 42.9 Å². The highest BCUT2D eigenvalue weighted by Crippen LogP contribution is 2.43. The first-order valence-electron chi connectivity index (χ1n) is 12.4. The van der Waals surface area contributed by atoms with E-state index >= 15 is 0 Å². The Balaban J connectivity index is 1.55. The number of thiophene rings is 1. The number of carbonyl (C=O) groups is 1. The number of methoxy groups -OCH3 is 1. The van der Waals surface area contributed by atoms with E-state index in [0.29, 0.717) is 26.3 Å². The Morgan fingerprint density at radius 1 is 1.17 bits per heavy atom. The van der Waals surface area contributed by atoms with Crippen molar-refractivity contribution in [3.63, 3.8) is 0 Å². The number of hydrogen-bond donors (Lipinski definition) is 1. The predicted octanol–water partition coefficient (Wildman–Crippen LogP) is 4.58. The number of ether oxygens (including phenoxy) is 2. The van der Waals surface area contributed by atoms with Crippen molar-refractivity contribution in [2.75, 3.05) is 40.5 Å². The van der Waals surface area contributed by atoms with Crippen molar-refractivity contribution >= 4 is 17.4 Å². The van der Waals surface area contributed by atoms with Crippen molar-refractivity contribution in [2.45, 2.75) is 38.9 Å². The van der Waals surface area contributed by atoms with Gasteiger partial charge in [-0.05, 0) is 62.2 Å². The van der Waals surface area contributed by atoms with Gasteiger partial charge in [0.15, 0.2) is 0 Å². The molecule has 0 radical (unpaired) electrons. The Kier molecular flexibility index (Phi) is 7.13. The van der Waals surface area contributed by atoms with Crippen molar-refractivity contribution in [3.8, 4) is 10.8 Å². The molecule has 2 aliphatic heterocycles. The summed E-state index contributed by atoms with van der Waals surface area (Å²) in [6.07, 6.45) is 3.95. The van der Waals surface area contributed by atoms with Gasteiger partial charge in [-0.3, -0.25) is 0 Å². The molecule has 0 bridgehead atoms. The molecule has 4 heterocycles. The van der Waals surface area contributed by atoms with Gasteiger partial charge in [-0.1, -0.05) is 12.1 Å². The summed E-state index contributed by atoms with van der Waals surface area (Å²) in [5.74, 6) is 0.807. The molecule has 2 amide bonds. The van der Waals surface area contributed by atoms with Crippen LogP contribution >= 0.6 is 11.3 Å². The van der Waals surface area contributed by atoms with Crippen LogP contribution in [0.4, 0.5) is 4.79 Å². The summed E-state index contributed by atoms with van der Waals surface area (Å²) in [4.78, 5) is 19.5. The van der Waals surface area contributed by atoms with Crippen LogP contribution in [0.3, 0.4) is 0 Å². The van der Waals surface area contributed by atoms with E-state index in [1.165, 1.54) is 21.0 Å². The quantitative estimate of drug-likeness (QED) is 0.489. The molecule has 3 aromatic rings. The number of rotatable bonds is 7. The van der Waals surface area contributed by atoms with Crippen molar-refractivity contribution < 1.29 is 14.3 Å². The summed E-state index contributed by atoms with van der Waals surface area (Å²) < 4.78 is 13.1. The number of nitrogens with one attached hydrogen (secondary N) is 1. The van der Waals surface area contributed by atoms with E-state index in [-0.39, 0.29) is 12.1 Å². The average molecular weight is 495 g/mol. The third-order valence-corrected chi connectivity index (χ3v) is 8.15. The molecule has 1 aromatic carbocycles. The lowest BCUT2D eigenvalue weighted by atomic mass is 10.00. The van der Waals surface area contributed by atoms with Gasteiger partial charge in [0.05, 0.1) is 25.4 Å². The molecule has 0 saturated heterocycles. The number of nitrogens with zero attached hydrogens (tertiary/aromatic N) is 3. The molecule has 186 valence electrons.